The van der Waals surface area contributed by atoms with E-state index in [2.05, 4.69) is 13.8 Å². The summed E-state index contributed by atoms with van der Waals surface area (Å²) < 4.78 is 10.8. The van der Waals surface area contributed by atoms with Crippen LogP contribution in [0, 0.1) is 5.92 Å². The average molecular weight is 252 g/mol. The van der Waals surface area contributed by atoms with Gasteiger partial charge in [0.15, 0.2) is 11.5 Å². The third-order valence-electron chi connectivity index (χ3n) is 3.04. The molecule has 0 bridgehead atoms. The van der Waals surface area contributed by atoms with E-state index >= 15 is 0 Å². The Labute approximate surface area is 108 Å². The van der Waals surface area contributed by atoms with Crippen molar-refractivity contribution in [3.05, 3.63) is 23.8 Å². The molecule has 0 saturated heterocycles. The summed E-state index contributed by atoms with van der Waals surface area (Å²) >= 11 is 0. The average Bonchev–Trinajstić information content (AvgIpc) is 2.39. The highest BCUT2D eigenvalue weighted by Crippen LogP contribution is 2.28. The van der Waals surface area contributed by atoms with E-state index in [1.165, 1.54) is 19.2 Å². The molecule has 1 N–H and O–H groups in total. The van der Waals surface area contributed by atoms with Crippen LogP contribution in [0.2, 0.25) is 0 Å². The van der Waals surface area contributed by atoms with E-state index in [1.54, 1.807) is 6.07 Å². The lowest BCUT2D eigenvalue weighted by Gasteiger charge is -2.16. The highest BCUT2D eigenvalue weighted by molar-refractivity contribution is 5.88. The van der Waals surface area contributed by atoms with Crippen molar-refractivity contribution in [2.45, 2.75) is 26.7 Å². The Morgan fingerprint density at radius 3 is 2.44 bits per heavy atom. The van der Waals surface area contributed by atoms with Crippen LogP contribution >= 0.6 is 0 Å². The van der Waals surface area contributed by atoms with E-state index in [0.717, 1.165) is 12.8 Å². The van der Waals surface area contributed by atoms with Crippen molar-refractivity contribution < 1.29 is 19.4 Å². The molecule has 1 rings (SSSR count). The Bertz CT molecular complexity index is 397. The maximum Gasteiger partial charge on any atom is 0.335 e. The molecule has 0 aromatic heterocycles. The molecule has 1 aromatic rings. The Morgan fingerprint density at radius 2 is 1.94 bits per heavy atom. The summed E-state index contributed by atoms with van der Waals surface area (Å²) in [6, 6.07) is 4.64. The zero-order chi connectivity index (χ0) is 13.5. The van der Waals surface area contributed by atoms with Crippen LogP contribution in [0.15, 0.2) is 18.2 Å². The Kier molecular flexibility index (Phi) is 5.49. The molecule has 0 aliphatic carbocycles. The summed E-state index contributed by atoms with van der Waals surface area (Å²) in [5, 5.41) is 8.89. The predicted octanol–water partition coefficient (Wildman–Crippen LogP) is 3.21. The minimum Gasteiger partial charge on any atom is -0.493 e. The molecular weight excluding hydrogens is 232 g/mol. The van der Waals surface area contributed by atoms with Crippen LogP contribution in [0.5, 0.6) is 11.5 Å². The highest BCUT2D eigenvalue weighted by Gasteiger charge is 2.11. The van der Waals surface area contributed by atoms with Crippen molar-refractivity contribution in [1.29, 1.82) is 0 Å². The number of carbonyl (C=O) groups is 1. The quantitative estimate of drug-likeness (QED) is 0.809. The van der Waals surface area contributed by atoms with Gasteiger partial charge in [0.25, 0.3) is 0 Å². The van der Waals surface area contributed by atoms with Gasteiger partial charge in [-0.15, -0.1) is 0 Å². The first-order valence-corrected chi connectivity index (χ1v) is 6.16. The highest BCUT2D eigenvalue weighted by atomic mass is 16.5. The lowest BCUT2D eigenvalue weighted by Crippen LogP contribution is -2.11. The van der Waals surface area contributed by atoms with Crippen LogP contribution in [0.3, 0.4) is 0 Å². The smallest absolute Gasteiger partial charge is 0.335 e. The standard InChI is InChI=1S/C14H20O4/c1-4-10(5-2)9-18-12-7-6-11(14(15)16)8-13(12)17-3/h6-8,10H,4-5,9H2,1-3H3,(H,15,16). The van der Waals surface area contributed by atoms with Crippen molar-refractivity contribution >= 4 is 5.97 Å². The predicted molar refractivity (Wildman–Crippen MR) is 69.5 cm³/mol. The first-order valence-electron chi connectivity index (χ1n) is 6.16. The van der Waals surface area contributed by atoms with Gasteiger partial charge in [0.2, 0.25) is 0 Å². The molecule has 0 heterocycles. The summed E-state index contributed by atoms with van der Waals surface area (Å²) in [6.07, 6.45) is 2.12. The molecule has 1 aromatic carbocycles. The molecule has 0 spiro atoms. The fraction of sp³-hybridized carbons (Fsp3) is 0.500. The van der Waals surface area contributed by atoms with Gasteiger partial charge in [0.1, 0.15) is 0 Å². The molecule has 0 aliphatic heterocycles. The number of carboxylic acid groups (broad SMARTS) is 1. The summed E-state index contributed by atoms with van der Waals surface area (Å²) in [7, 11) is 1.50. The second-order valence-electron chi connectivity index (χ2n) is 4.16. The first kappa shape index (κ1) is 14.4. The minimum atomic E-state index is -0.972. The van der Waals surface area contributed by atoms with Gasteiger partial charge in [-0.3, -0.25) is 0 Å². The molecule has 0 unspecified atom stereocenters. The second-order valence-corrected chi connectivity index (χ2v) is 4.16. The molecule has 0 radical (unpaired) electrons. The fourth-order valence-electron chi connectivity index (χ4n) is 1.65. The summed E-state index contributed by atoms with van der Waals surface area (Å²) in [5.41, 5.74) is 0.196. The normalized spacial score (nSPS) is 10.4. The molecule has 100 valence electrons. The van der Waals surface area contributed by atoms with Crippen LogP contribution in [-0.4, -0.2) is 24.8 Å². The lowest BCUT2D eigenvalue weighted by molar-refractivity contribution is 0.0696. The number of hydrogen-bond donors (Lipinski definition) is 1. The van der Waals surface area contributed by atoms with E-state index in [4.69, 9.17) is 14.6 Å². The van der Waals surface area contributed by atoms with E-state index < -0.39 is 5.97 Å². The van der Waals surface area contributed by atoms with E-state index in [1.807, 2.05) is 0 Å². The van der Waals surface area contributed by atoms with Crippen LogP contribution in [0.25, 0.3) is 0 Å². The molecule has 0 aliphatic rings. The number of carboxylic acids is 1. The number of hydrogen-bond acceptors (Lipinski definition) is 3. The molecular formula is C14H20O4. The summed E-state index contributed by atoms with van der Waals surface area (Å²) in [6.45, 7) is 4.88. The van der Waals surface area contributed by atoms with Gasteiger partial charge in [-0.05, 0) is 24.1 Å². The van der Waals surface area contributed by atoms with Crippen LogP contribution in [0.4, 0.5) is 0 Å². The lowest BCUT2D eigenvalue weighted by atomic mass is 10.1. The van der Waals surface area contributed by atoms with Gasteiger partial charge in [0, 0.05) is 0 Å². The van der Waals surface area contributed by atoms with Crippen molar-refractivity contribution in [1.82, 2.24) is 0 Å². The zero-order valence-corrected chi connectivity index (χ0v) is 11.1. The Morgan fingerprint density at radius 1 is 1.28 bits per heavy atom. The number of aromatic carboxylic acids is 1. The van der Waals surface area contributed by atoms with Gasteiger partial charge in [0.05, 0.1) is 19.3 Å². The summed E-state index contributed by atoms with van der Waals surface area (Å²) in [5.74, 6) is 0.587. The summed E-state index contributed by atoms with van der Waals surface area (Å²) in [4.78, 5) is 10.8. The van der Waals surface area contributed by atoms with Crippen LogP contribution in [0.1, 0.15) is 37.0 Å². The van der Waals surface area contributed by atoms with E-state index in [-0.39, 0.29) is 5.56 Å². The molecule has 0 fully saturated rings. The van der Waals surface area contributed by atoms with Crippen molar-refractivity contribution in [2.24, 2.45) is 5.92 Å². The van der Waals surface area contributed by atoms with Crippen LogP contribution < -0.4 is 9.47 Å². The van der Waals surface area contributed by atoms with E-state index in [9.17, 15) is 4.79 Å². The van der Waals surface area contributed by atoms with Crippen molar-refractivity contribution in [3.8, 4) is 11.5 Å². The third-order valence-corrected chi connectivity index (χ3v) is 3.04. The molecule has 0 amide bonds. The van der Waals surface area contributed by atoms with Crippen LogP contribution in [-0.2, 0) is 0 Å². The number of rotatable bonds is 7. The first-order chi connectivity index (χ1) is 8.62. The zero-order valence-electron chi connectivity index (χ0n) is 11.1. The number of methoxy groups -OCH3 is 1. The van der Waals surface area contributed by atoms with Gasteiger partial charge >= 0.3 is 5.97 Å². The number of ether oxygens (including phenoxy) is 2. The molecule has 4 heteroatoms. The van der Waals surface area contributed by atoms with Crippen molar-refractivity contribution in [2.75, 3.05) is 13.7 Å². The maximum absolute atomic E-state index is 10.8. The second kappa shape index (κ2) is 6.89. The van der Waals surface area contributed by atoms with Gasteiger partial charge in [-0.25, -0.2) is 4.79 Å². The third kappa shape index (κ3) is 3.65. The van der Waals surface area contributed by atoms with Crippen molar-refractivity contribution in [3.63, 3.8) is 0 Å². The molecule has 0 saturated carbocycles. The maximum atomic E-state index is 10.8. The fourth-order valence-corrected chi connectivity index (χ4v) is 1.65. The monoisotopic (exact) mass is 252 g/mol. The topological polar surface area (TPSA) is 55.8 Å². The van der Waals surface area contributed by atoms with E-state index in [0.29, 0.717) is 24.0 Å². The minimum absolute atomic E-state index is 0.196. The van der Waals surface area contributed by atoms with Gasteiger partial charge in [-0.1, -0.05) is 26.7 Å². The van der Waals surface area contributed by atoms with Gasteiger partial charge in [-0.2, -0.15) is 0 Å². The molecule has 0 atom stereocenters. The Balaban J connectivity index is 2.79. The molecule has 4 nitrogen and oxygen atoms in total. The largest absolute Gasteiger partial charge is 0.493 e. The van der Waals surface area contributed by atoms with Gasteiger partial charge < -0.3 is 14.6 Å². The Hall–Kier alpha value is -1.71. The number of benzene rings is 1. The molecule has 18 heavy (non-hydrogen) atoms. The SMILES string of the molecule is CCC(CC)COc1ccc(C(=O)O)cc1OC.